The molecule has 1 atom stereocenters. The molecule has 0 heterocycles. The van der Waals surface area contributed by atoms with Gasteiger partial charge in [0.1, 0.15) is 13.2 Å². The minimum Gasteiger partial charge on any atom is -0.461 e. The van der Waals surface area contributed by atoms with E-state index in [9.17, 15) is 9.59 Å². The molecule has 0 aromatic carbocycles. The number of rotatable bonds is 11. The Morgan fingerprint density at radius 1 is 1.08 bits per heavy atom. The molecule has 0 rings (SSSR count). The lowest BCUT2D eigenvalue weighted by molar-refractivity contribution is -0.139. The van der Waals surface area contributed by atoms with Crippen LogP contribution in [0.25, 0.3) is 0 Å². The molecule has 0 amide bonds. The summed E-state index contributed by atoms with van der Waals surface area (Å²) in [6.07, 6.45) is 2.24. The summed E-state index contributed by atoms with van der Waals surface area (Å²) in [5.74, 6) is -0.679. The fraction of sp³-hybridized carbons (Fsp3) is 0.667. The highest BCUT2D eigenvalue weighted by Gasteiger charge is 2.02. The van der Waals surface area contributed by atoms with Crippen molar-refractivity contribution in [2.45, 2.75) is 53.1 Å². The Balaban J connectivity index is 0. The van der Waals surface area contributed by atoms with Crippen molar-refractivity contribution in [3.05, 3.63) is 24.8 Å². The summed E-state index contributed by atoms with van der Waals surface area (Å²) in [5.41, 5.74) is 0.448. The predicted octanol–water partition coefficient (Wildman–Crippen LogP) is 2.21. The van der Waals surface area contributed by atoms with Crippen molar-refractivity contribution in [2.24, 2.45) is 0 Å². The highest BCUT2D eigenvalue weighted by Crippen LogP contribution is 1.91. The highest BCUT2D eigenvalue weighted by molar-refractivity contribution is 5.86. The summed E-state index contributed by atoms with van der Waals surface area (Å²) in [4.78, 5) is 21.4. The molecule has 24 heavy (non-hydrogen) atoms. The normalized spacial score (nSPS) is 11.1. The third-order valence-corrected chi connectivity index (χ3v) is 2.85. The lowest BCUT2D eigenvalue weighted by Crippen LogP contribution is -2.29. The molecule has 0 aliphatic carbocycles. The summed E-state index contributed by atoms with van der Waals surface area (Å²) in [7, 11) is 0. The number of esters is 2. The van der Waals surface area contributed by atoms with Gasteiger partial charge in [0.2, 0.25) is 0 Å². The van der Waals surface area contributed by atoms with Crippen LogP contribution >= 0.6 is 0 Å². The molecule has 0 bridgehead atoms. The Morgan fingerprint density at radius 2 is 1.62 bits per heavy atom. The molecule has 0 radical (unpaired) electrons. The Bertz CT molecular complexity index is 381. The van der Waals surface area contributed by atoms with Crippen molar-refractivity contribution in [3.8, 4) is 0 Å². The molecule has 0 aromatic rings. The van der Waals surface area contributed by atoms with Gasteiger partial charge in [0.05, 0.1) is 0 Å². The van der Waals surface area contributed by atoms with E-state index in [1.807, 2.05) is 13.8 Å². The van der Waals surface area contributed by atoms with Crippen molar-refractivity contribution < 1.29 is 19.1 Å². The number of carbonyl (C=O) groups is 2. The molecule has 6 heteroatoms. The zero-order chi connectivity index (χ0) is 19.0. The van der Waals surface area contributed by atoms with Crippen LogP contribution in [0.3, 0.4) is 0 Å². The van der Waals surface area contributed by atoms with Crippen LogP contribution in [0.4, 0.5) is 0 Å². The summed E-state index contributed by atoms with van der Waals surface area (Å²) in [5, 5.41) is 6.33. The van der Waals surface area contributed by atoms with Crippen molar-refractivity contribution in [2.75, 3.05) is 26.3 Å². The molecule has 0 aromatic heterocycles. The highest BCUT2D eigenvalue weighted by atomic mass is 16.5. The van der Waals surface area contributed by atoms with Crippen LogP contribution in [-0.4, -0.2) is 50.3 Å². The third kappa shape index (κ3) is 18.4. The molecular weight excluding hydrogens is 308 g/mol. The van der Waals surface area contributed by atoms with Crippen LogP contribution in [0.1, 0.15) is 41.0 Å². The van der Waals surface area contributed by atoms with E-state index in [1.165, 1.54) is 0 Å². The van der Waals surface area contributed by atoms with E-state index in [0.29, 0.717) is 44.0 Å². The van der Waals surface area contributed by atoms with Gasteiger partial charge in [0.25, 0.3) is 0 Å². The monoisotopic (exact) mass is 342 g/mol. The SMILES string of the molecule is C=C(C)C(=O)OCCNC(C)CC.C=CC(=O)OCCNC(C)C. The lowest BCUT2D eigenvalue weighted by Gasteiger charge is -2.10. The average molecular weight is 342 g/mol. The van der Waals surface area contributed by atoms with E-state index in [0.717, 1.165) is 12.5 Å². The minimum atomic E-state index is -0.365. The predicted molar refractivity (Wildman–Crippen MR) is 97.8 cm³/mol. The maximum Gasteiger partial charge on any atom is 0.333 e. The first-order valence-corrected chi connectivity index (χ1v) is 8.33. The van der Waals surface area contributed by atoms with E-state index >= 15 is 0 Å². The van der Waals surface area contributed by atoms with Crippen LogP contribution in [-0.2, 0) is 19.1 Å². The van der Waals surface area contributed by atoms with Crippen molar-refractivity contribution in [1.29, 1.82) is 0 Å². The second-order valence-electron chi connectivity index (χ2n) is 5.66. The standard InChI is InChI=1S/C10H19NO2.C8H15NO2/c1-5-9(4)11-6-7-13-10(12)8(2)3;1-4-8(10)11-6-5-9-7(2)3/h9,11H,2,5-7H2,1,3-4H3;4,7,9H,1,5-6H2,2-3H3. The second kappa shape index (κ2) is 16.2. The maximum absolute atomic E-state index is 10.9. The van der Waals surface area contributed by atoms with Crippen LogP contribution < -0.4 is 10.6 Å². The maximum atomic E-state index is 10.9. The van der Waals surface area contributed by atoms with E-state index < -0.39 is 0 Å². The molecule has 1 unspecified atom stereocenters. The summed E-state index contributed by atoms with van der Waals surface area (Å²) in [6.45, 7) is 18.9. The van der Waals surface area contributed by atoms with Crippen LogP contribution in [0.15, 0.2) is 24.8 Å². The molecule has 0 spiro atoms. The molecule has 0 fully saturated rings. The van der Waals surface area contributed by atoms with Crippen molar-refractivity contribution >= 4 is 11.9 Å². The molecule has 140 valence electrons. The van der Waals surface area contributed by atoms with E-state index in [-0.39, 0.29) is 11.9 Å². The van der Waals surface area contributed by atoms with Crippen LogP contribution in [0.5, 0.6) is 0 Å². The summed E-state index contributed by atoms with van der Waals surface area (Å²) in [6, 6.07) is 0.904. The van der Waals surface area contributed by atoms with Gasteiger partial charge in [-0.15, -0.1) is 0 Å². The topological polar surface area (TPSA) is 76.7 Å². The molecule has 0 aliphatic rings. The van der Waals surface area contributed by atoms with E-state index in [4.69, 9.17) is 9.47 Å². The van der Waals surface area contributed by atoms with Crippen molar-refractivity contribution in [3.63, 3.8) is 0 Å². The van der Waals surface area contributed by atoms with Gasteiger partial charge in [-0.05, 0) is 20.3 Å². The van der Waals surface area contributed by atoms with Gasteiger partial charge in [-0.2, -0.15) is 0 Å². The van der Waals surface area contributed by atoms with Gasteiger partial charge in [-0.1, -0.05) is 33.9 Å². The number of ether oxygens (including phenoxy) is 2. The molecule has 0 saturated heterocycles. The smallest absolute Gasteiger partial charge is 0.333 e. The third-order valence-electron chi connectivity index (χ3n) is 2.85. The Kier molecular flexibility index (Phi) is 16.6. The van der Waals surface area contributed by atoms with Gasteiger partial charge < -0.3 is 20.1 Å². The first-order valence-electron chi connectivity index (χ1n) is 8.33. The molecular formula is C18H34N2O4. The summed E-state index contributed by atoms with van der Waals surface area (Å²) >= 11 is 0. The van der Waals surface area contributed by atoms with Crippen LogP contribution in [0.2, 0.25) is 0 Å². The number of carbonyl (C=O) groups excluding carboxylic acids is 2. The largest absolute Gasteiger partial charge is 0.461 e. The fourth-order valence-electron chi connectivity index (χ4n) is 1.27. The lowest BCUT2D eigenvalue weighted by atomic mass is 10.3. The minimum absolute atomic E-state index is 0.314. The Morgan fingerprint density at radius 3 is 2.08 bits per heavy atom. The Labute approximate surface area is 146 Å². The first-order chi connectivity index (χ1) is 11.2. The average Bonchev–Trinajstić information content (AvgIpc) is 2.54. The van der Waals surface area contributed by atoms with Gasteiger partial charge in [0.15, 0.2) is 0 Å². The Hall–Kier alpha value is -1.66. The first kappa shape index (κ1) is 24.6. The van der Waals surface area contributed by atoms with E-state index in [2.05, 4.69) is 37.6 Å². The molecule has 0 saturated carbocycles. The number of hydrogen-bond acceptors (Lipinski definition) is 6. The molecule has 0 aliphatic heterocycles. The quantitative estimate of drug-likeness (QED) is 0.341. The fourth-order valence-corrected chi connectivity index (χ4v) is 1.27. The van der Waals surface area contributed by atoms with Gasteiger partial charge in [-0.25, -0.2) is 9.59 Å². The van der Waals surface area contributed by atoms with Gasteiger partial charge >= 0.3 is 11.9 Å². The zero-order valence-electron chi connectivity index (χ0n) is 15.8. The van der Waals surface area contributed by atoms with Gasteiger partial charge in [-0.3, -0.25) is 0 Å². The van der Waals surface area contributed by atoms with Crippen molar-refractivity contribution in [1.82, 2.24) is 10.6 Å². The molecule has 2 N–H and O–H groups in total. The summed E-state index contributed by atoms with van der Waals surface area (Å²) < 4.78 is 9.62. The van der Waals surface area contributed by atoms with Gasteiger partial charge in [0, 0.05) is 36.8 Å². The second-order valence-corrected chi connectivity index (χ2v) is 5.66. The number of nitrogens with one attached hydrogen (secondary N) is 2. The van der Waals surface area contributed by atoms with Crippen LogP contribution in [0, 0.1) is 0 Å². The zero-order valence-corrected chi connectivity index (χ0v) is 15.8. The van der Waals surface area contributed by atoms with E-state index in [1.54, 1.807) is 6.92 Å². The molecule has 6 nitrogen and oxygen atoms in total. The number of hydrogen-bond donors (Lipinski definition) is 2.